The van der Waals surface area contributed by atoms with Gasteiger partial charge >= 0.3 is 0 Å². The van der Waals surface area contributed by atoms with Crippen molar-refractivity contribution in [1.29, 1.82) is 0 Å². The van der Waals surface area contributed by atoms with E-state index in [2.05, 4.69) is 15.9 Å². The van der Waals surface area contributed by atoms with Crippen LogP contribution in [-0.4, -0.2) is 18.3 Å². The van der Waals surface area contributed by atoms with E-state index in [-0.39, 0.29) is 16.8 Å². The molecule has 0 N–H and O–H groups in total. The van der Waals surface area contributed by atoms with Gasteiger partial charge in [-0.3, -0.25) is 9.59 Å². The number of rotatable bonds is 6. The van der Waals surface area contributed by atoms with Crippen molar-refractivity contribution in [3.05, 3.63) is 90.2 Å². The van der Waals surface area contributed by atoms with E-state index in [1.165, 1.54) is 7.11 Å². The molecule has 0 radical (unpaired) electrons. The normalized spacial score (nSPS) is 14.7. The monoisotopic (exact) mass is 597 g/mol. The zero-order chi connectivity index (χ0) is 24.4. The largest absolute Gasteiger partial charge is 0.493 e. The third-order valence-corrected chi connectivity index (χ3v) is 7.24. The first kappa shape index (κ1) is 24.9. The number of halogens is 4. The van der Waals surface area contributed by atoms with Crippen LogP contribution in [0.15, 0.2) is 64.0 Å². The Morgan fingerprint density at radius 1 is 0.971 bits per heavy atom. The highest BCUT2D eigenvalue weighted by molar-refractivity contribution is 9.10. The van der Waals surface area contributed by atoms with Crippen molar-refractivity contribution >= 4 is 85.4 Å². The molecule has 1 aliphatic rings. The summed E-state index contributed by atoms with van der Waals surface area (Å²) in [5.41, 5.74) is 1.87. The number of amides is 2. The number of carbonyl (C=O) groups excluding carboxylic acids is 2. The number of hydrogen-bond acceptors (Lipinski definition) is 5. The number of thioether (sulfide) groups is 1. The highest BCUT2D eigenvalue weighted by Crippen LogP contribution is 2.40. The molecular formula is C24H15BrCl3NO4S. The Labute approximate surface area is 223 Å². The first-order chi connectivity index (χ1) is 16.3. The minimum atomic E-state index is -0.416. The quantitative estimate of drug-likeness (QED) is 0.267. The van der Waals surface area contributed by atoms with Gasteiger partial charge in [-0.1, -0.05) is 56.8 Å². The SMILES string of the molecule is COc1cc(/C=C2/SC(=O)N(c3ccc(Cl)cc3)C2=O)c(Br)cc1OCc1ccc(Cl)cc1Cl. The first-order valence-electron chi connectivity index (χ1n) is 9.74. The van der Waals surface area contributed by atoms with Crippen molar-refractivity contribution in [3.8, 4) is 11.5 Å². The lowest BCUT2D eigenvalue weighted by Crippen LogP contribution is -2.27. The van der Waals surface area contributed by atoms with Crippen LogP contribution in [0.4, 0.5) is 10.5 Å². The van der Waals surface area contributed by atoms with Gasteiger partial charge in [-0.25, -0.2) is 4.90 Å². The van der Waals surface area contributed by atoms with E-state index in [1.807, 2.05) is 0 Å². The Balaban J connectivity index is 1.58. The standard InChI is InChI=1S/C24H15BrCl3NO4S/c1-32-20-8-14(18(25)11-21(20)33-12-13-2-3-16(27)10-19(13)28)9-22-23(30)29(24(31)34-22)17-6-4-15(26)5-7-17/h2-11H,12H2,1H3/b22-9+. The predicted molar refractivity (Wildman–Crippen MR) is 141 cm³/mol. The third-order valence-electron chi connectivity index (χ3n) is 4.85. The highest BCUT2D eigenvalue weighted by atomic mass is 79.9. The number of imide groups is 1. The molecular weight excluding hydrogens is 585 g/mol. The maximum Gasteiger partial charge on any atom is 0.298 e. The Hall–Kier alpha value is -2.16. The van der Waals surface area contributed by atoms with Crippen molar-refractivity contribution in [2.45, 2.75) is 6.61 Å². The van der Waals surface area contributed by atoms with Crippen LogP contribution in [0, 0.1) is 0 Å². The zero-order valence-electron chi connectivity index (χ0n) is 17.5. The molecule has 0 atom stereocenters. The van der Waals surface area contributed by atoms with Crippen LogP contribution >= 0.6 is 62.5 Å². The van der Waals surface area contributed by atoms with Crippen LogP contribution in [0.2, 0.25) is 15.1 Å². The molecule has 4 rings (SSSR count). The fraction of sp³-hybridized carbons (Fsp3) is 0.0833. The summed E-state index contributed by atoms with van der Waals surface area (Å²) in [6, 6.07) is 15.1. The van der Waals surface area contributed by atoms with Gasteiger partial charge in [0.25, 0.3) is 11.1 Å². The first-order valence-corrected chi connectivity index (χ1v) is 12.5. The summed E-state index contributed by atoms with van der Waals surface area (Å²) < 4.78 is 12.1. The maximum atomic E-state index is 12.9. The lowest BCUT2D eigenvalue weighted by atomic mass is 10.1. The Kier molecular flexibility index (Phi) is 7.80. The van der Waals surface area contributed by atoms with E-state index in [9.17, 15) is 9.59 Å². The van der Waals surface area contributed by atoms with E-state index < -0.39 is 5.91 Å². The van der Waals surface area contributed by atoms with Crippen molar-refractivity contribution in [1.82, 2.24) is 0 Å². The van der Waals surface area contributed by atoms with Gasteiger partial charge in [-0.2, -0.15) is 0 Å². The van der Waals surface area contributed by atoms with Gasteiger partial charge in [-0.15, -0.1) is 0 Å². The van der Waals surface area contributed by atoms with Crippen LogP contribution in [0.25, 0.3) is 6.08 Å². The molecule has 3 aromatic carbocycles. The average Bonchev–Trinajstić information content (AvgIpc) is 3.08. The summed E-state index contributed by atoms with van der Waals surface area (Å²) in [6.07, 6.45) is 1.63. The number of anilines is 1. The van der Waals surface area contributed by atoms with Crippen molar-refractivity contribution < 1.29 is 19.1 Å². The van der Waals surface area contributed by atoms with Gasteiger partial charge in [0, 0.05) is 25.1 Å². The summed E-state index contributed by atoms with van der Waals surface area (Å²) in [5, 5.41) is 1.17. The molecule has 3 aromatic rings. The summed E-state index contributed by atoms with van der Waals surface area (Å²) in [6.45, 7) is 0.206. The minimum absolute atomic E-state index is 0.206. The number of carbonyl (C=O) groups is 2. The van der Waals surface area contributed by atoms with Crippen molar-refractivity contribution in [2.75, 3.05) is 12.0 Å². The molecule has 1 fully saturated rings. The highest BCUT2D eigenvalue weighted by Gasteiger charge is 2.36. The molecule has 0 saturated carbocycles. The third kappa shape index (κ3) is 5.39. The fourth-order valence-corrected chi connectivity index (χ4v) is 5.01. The maximum absolute atomic E-state index is 12.9. The number of nitrogens with zero attached hydrogens (tertiary/aromatic N) is 1. The number of methoxy groups -OCH3 is 1. The van der Waals surface area contributed by atoms with Crippen molar-refractivity contribution in [3.63, 3.8) is 0 Å². The molecule has 1 saturated heterocycles. The molecule has 0 spiro atoms. The van der Waals surface area contributed by atoms with Crippen LogP contribution in [-0.2, 0) is 11.4 Å². The molecule has 10 heteroatoms. The average molecular weight is 600 g/mol. The Bertz CT molecular complexity index is 1310. The molecule has 5 nitrogen and oxygen atoms in total. The molecule has 34 heavy (non-hydrogen) atoms. The number of ether oxygens (including phenoxy) is 2. The molecule has 0 aliphatic carbocycles. The zero-order valence-corrected chi connectivity index (χ0v) is 22.2. The van der Waals surface area contributed by atoms with Gasteiger partial charge in [0.1, 0.15) is 6.61 Å². The topological polar surface area (TPSA) is 55.8 Å². The lowest BCUT2D eigenvalue weighted by molar-refractivity contribution is -0.113. The van der Waals surface area contributed by atoms with Crippen LogP contribution < -0.4 is 14.4 Å². The van der Waals surface area contributed by atoms with E-state index >= 15 is 0 Å². The molecule has 1 heterocycles. The summed E-state index contributed by atoms with van der Waals surface area (Å²) in [4.78, 5) is 26.9. The minimum Gasteiger partial charge on any atom is -0.493 e. The van der Waals surface area contributed by atoms with Gasteiger partial charge in [0.05, 0.1) is 17.7 Å². The lowest BCUT2D eigenvalue weighted by Gasteiger charge is -2.14. The summed E-state index contributed by atoms with van der Waals surface area (Å²) in [5.74, 6) is 0.518. The van der Waals surface area contributed by atoms with Gasteiger partial charge in [0.15, 0.2) is 11.5 Å². The second kappa shape index (κ2) is 10.6. The number of benzene rings is 3. The summed E-state index contributed by atoms with van der Waals surface area (Å²) in [7, 11) is 1.52. The van der Waals surface area contributed by atoms with Gasteiger partial charge in [0.2, 0.25) is 0 Å². The van der Waals surface area contributed by atoms with Gasteiger partial charge in [-0.05, 0) is 71.9 Å². The van der Waals surface area contributed by atoms with Gasteiger partial charge < -0.3 is 9.47 Å². The molecule has 0 bridgehead atoms. The molecule has 0 unspecified atom stereocenters. The smallest absolute Gasteiger partial charge is 0.298 e. The second-order valence-electron chi connectivity index (χ2n) is 7.04. The van der Waals surface area contributed by atoms with E-state index in [1.54, 1.807) is 60.7 Å². The summed E-state index contributed by atoms with van der Waals surface area (Å²) >= 11 is 22.5. The van der Waals surface area contributed by atoms with E-state index in [4.69, 9.17) is 44.3 Å². The second-order valence-corrected chi connectivity index (χ2v) is 10.2. The van der Waals surface area contributed by atoms with E-state index in [0.29, 0.717) is 42.3 Å². The fourth-order valence-electron chi connectivity index (χ4n) is 3.15. The van der Waals surface area contributed by atoms with Crippen LogP contribution in [0.3, 0.4) is 0 Å². The molecule has 1 aliphatic heterocycles. The van der Waals surface area contributed by atoms with Crippen LogP contribution in [0.1, 0.15) is 11.1 Å². The number of hydrogen-bond donors (Lipinski definition) is 0. The molecule has 2 amide bonds. The molecule has 174 valence electrons. The Morgan fingerprint density at radius 3 is 2.35 bits per heavy atom. The predicted octanol–water partition coefficient (Wildman–Crippen LogP) is 8.24. The van der Waals surface area contributed by atoms with Crippen LogP contribution in [0.5, 0.6) is 11.5 Å². The Morgan fingerprint density at radius 2 is 1.68 bits per heavy atom. The van der Waals surface area contributed by atoms with E-state index in [0.717, 1.165) is 22.2 Å². The van der Waals surface area contributed by atoms with Crippen molar-refractivity contribution in [2.24, 2.45) is 0 Å². The molecule has 0 aromatic heterocycles.